The zero-order valence-electron chi connectivity index (χ0n) is 29.0. The second kappa shape index (κ2) is 14.2. The summed E-state index contributed by atoms with van der Waals surface area (Å²) in [5.74, 6) is 3.60. The quantitative estimate of drug-likeness (QED) is 0.0950. The van der Waals surface area contributed by atoms with Crippen molar-refractivity contribution in [3.8, 4) is 11.5 Å². The van der Waals surface area contributed by atoms with Gasteiger partial charge in [-0.2, -0.15) is 0 Å². The van der Waals surface area contributed by atoms with Crippen molar-refractivity contribution < 1.29 is 8.85 Å². The molecule has 3 atom stereocenters. The van der Waals surface area contributed by atoms with E-state index in [-0.39, 0.29) is 22.3 Å². The van der Waals surface area contributed by atoms with E-state index in [1.54, 1.807) is 0 Å². The highest BCUT2D eigenvalue weighted by atomic mass is 28.4. The van der Waals surface area contributed by atoms with Gasteiger partial charge in [-0.1, -0.05) is 128 Å². The molecule has 0 aliphatic rings. The number of unbranched alkanes of at least 4 members (excludes halogenated alkanes) is 1. The predicted octanol–water partition coefficient (Wildman–Crippen LogP) is 10.4. The van der Waals surface area contributed by atoms with E-state index in [4.69, 9.17) is 8.85 Å². The lowest BCUT2D eigenvalue weighted by Gasteiger charge is -2.44. The van der Waals surface area contributed by atoms with Crippen LogP contribution in [0, 0.1) is 11.5 Å². The Kier molecular flexibility index (Phi) is 13.2. The largest absolute Gasteiger partial charge is 0.414 e. The van der Waals surface area contributed by atoms with Crippen molar-refractivity contribution in [1.29, 1.82) is 0 Å². The number of rotatable bonds is 13. The van der Waals surface area contributed by atoms with E-state index in [0.29, 0.717) is 5.54 Å². The summed E-state index contributed by atoms with van der Waals surface area (Å²) in [4.78, 5) is 0. The smallest absolute Gasteiger partial charge is 0.193 e. The molecule has 228 valence electrons. The molecule has 0 saturated carbocycles. The van der Waals surface area contributed by atoms with Crippen molar-refractivity contribution in [1.82, 2.24) is 0 Å². The van der Waals surface area contributed by atoms with Crippen LogP contribution in [0.4, 0.5) is 0 Å². The molecule has 1 aromatic rings. The van der Waals surface area contributed by atoms with Gasteiger partial charge in [0.2, 0.25) is 0 Å². The maximum absolute atomic E-state index is 7.24. The molecule has 0 aliphatic carbocycles. The minimum absolute atomic E-state index is 0.0257. The van der Waals surface area contributed by atoms with Crippen molar-refractivity contribution in [3.63, 3.8) is 0 Å². The van der Waals surface area contributed by atoms with Crippen LogP contribution in [0.2, 0.25) is 74.5 Å². The maximum Gasteiger partial charge on any atom is 0.193 e. The van der Waals surface area contributed by atoms with E-state index in [0.717, 1.165) is 25.7 Å². The van der Waals surface area contributed by atoms with Crippen molar-refractivity contribution in [2.75, 3.05) is 0 Å². The monoisotopic (exact) mass is 616 g/mol. The van der Waals surface area contributed by atoms with Crippen molar-refractivity contribution in [3.05, 3.63) is 43.0 Å². The number of hydrogen-bond acceptors (Lipinski definition) is 2. The summed E-state index contributed by atoms with van der Waals surface area (Å²) in [6.07, 6.45) is 6.71. The normalized spacial score (nSPS) is 16.1. The highest BCUT2D eigenvalue weighted by molar-refractivity contribution is 6.91. The predicted molar refractivity (Wildman–Crippen MR) is 191 cm³/mol. The lowest BCUT2D eigenvalue weighted by atomic mass is 10.1. The fourth-order valence-electron chi connectivity index (χ4n) is 4.50. The molecule has 1 aromatic carbocycles. The second-order valence-electron chi connectivity index (χ2n) is 16.4. The minimum atomic E-state index is -1.96. The first-order valence-electron chi connectivity index (χ1n) is 15.5. The van der Waals surface area contributed by atoms with Gasteiger partial charge in [0.15, 0.2) is 16.6 Å². The van der Waals surface area contributed by atoms with Crippen LogP contribution in [-0.2, 0) is 8.85 Å². The summed E-state index contributed by atoms with van der Waals surface area (Å²) in [6, 6.07) is 11.1. The Bertz CT molecular complexity index is 983. The summed E-state index contributed by atoms with van der Waals surface area (Å²) in [5, 5.41) is 1.83. The van der Waals surface area contributed by atoms with Crippen molar-refractivity contribution in [2.24, 2.45) is 0 Å². The standard InChI is InChI=1S/C34H64O2Si4/c1-17-32(38(11,12)30-24-19-18-20-25-30)31(36-40(15,16)34(5,6)7)26-22-21-23-29(27-28-37(8,9)10)35-39(13,14)33(2,3)4/h17-20,24-25,29,31-32H,1,21-23,26H2,2-16H3/t29-,31+,32-/m0/s1. The first-order chi connectivity index (χ1) is 17.9. The SMILES string of the molecule is C=C[C@@H]([C@@H](CCCC[C@@H](C#C[Si](C)(C)C)O[Si](C)(C)C(C)(C)C)O[Si](C)(C)C(C)(C)C)[Si](C)(C)c1ccccc1. The zero-order valence-corrected chi connectivity index (χ0v) is 33.0. The topological polar surface area (TPSA) is 18.5 Å². The van der Waals surface area contributed by atoms with E-state index >= 15 is 0 Å². The second-order valence-corrected chi connectivity index (χ2v) is 35.4. The van der Waals surface area contributed by atoms with Gasteiger partial charge < -0.3 is 8.85 Å². The molecule has 0 unspecified atom stereocenters. The molecule has 0 fully saturated rings. The highest BCUT2D eigenvalue weighted by Crippen LogP contribution is 2.42. The molecule has 0 aromatic heterocycles. The van der Waals surface area contributed by atoms with E-state index in [9.17, 15) is 0 Å². The van der Waals surface area contributed by atoms with Gasteiger partial charge in [0.05, 0.1) is 8.07 Å². The van der Waals surface area contributed by atoms with Gasteiger partial charge >= 0.3 is 0 Å². The van der Waals surface area contributed by atoms with Crippen LogP contribution < -0.4 is 5.19 Å². The molecular formula is C34H64O2Si4. The highest BCUT2D eigenvalue weighted by Gasteiger charge is 2.44. The van der Waals surface area contributed by atoms with Gasteiger partial charge in [-0.3, -0.25) is 0 Å². The van der Waals surface area contributed by atoms with Gasteiger partial charge in [-0.15, -0.1) is 12.1 Å². The third-order valence-corrected chi connectivity index (χ3v) is 23.3. The van der Waals surface area contributed by atoms with Crippen molar-refractivity contribution >= 4 is 38.0 Å². The van der Waals surface area contributed by atoms with Crippen LogP contribution in [0.1, 0.15) is 67.2 Å². The van der Waals surface area contributed by atoms with Crippen LogP contribution in [0.3, 0.4) is 0 Å². The Labute approximate surface area is 254 Å². The zero-order chi connectivity index (χ0) is 31.2. The molecule has 0 saturated heterocycles. The molecular weight excluding hydrogens is 553 g/mol. The summed E-state index contributed by atoms with van der Waals surface area (Å²) in [6.45, 7) is 39.8. The van der Waals surface area contributed by atoms with Gasteiger partial charge in [0.1, 0.15) is 14.2 Å². The third-order valence-electron chi connectivity index (χ3n) is 9.31. The lowest BCUT2D eigenvalue weighted by molar-refractivity contribution is 0.164. The van der Waals surface area contributed by atoms with Crippen LogP contribution in [-0.4, -0.2) is 45.0 Å². The molecule has 0 radical (unpaired) electrons. The summed E-state index contributed by atoms with van der Waals surface area (Å²) in [5.41, 5.74) is 3.97. The fraction of sp³-hybridized carbons (Fsp3) is 0.706. The van der Waals surface area contributed by atoms with Crippen molar-refractivity contribution in [2.45, 2.75) is 154 Å². The lowest BCUT2D eigenvalue weighted by Crippen LogP contribution is -2.53. The maximum atomic E-state index is 7.24. The summed E-state index contributed by atoms with van der Waals surface area (Å²) < 4.78 is 14.1. The molecule has 0 aliphatic heterocycles. The Balaban J connectivity index is 3.20. The molecule has 6 heteroatoms. The number of hydrogen-bond donors (Lipinski definition) is 0. The summed E-state index contributed by atoms with van der Waals surface area (Å²) in [7, 11) is -7.19. The molecule has 0 amide bonds. The Hall–Kier alpha value is -0.692. The summed E-state index contributed by atoms with van der Waals surface area (Å²) >= 11 is 0. The Morgan fingerprint density at radius 2 is 1.23 bits per heavy atom. The molecule has 2 nitrogen and oxygen atoms in total. The van der Waals surface area contributed by atoms with E-state index in [1.165, 1.54) is 5.19 Å². The fourth-order valence-corrected chi connectivity index (χ4v) is 11.0. The third kappa shape index (κ3) is 11.2. The van der Waals surface area contributed by atoms with Crippen LogP contribution in [0.25, 0.3) is 0 Å². The van der Waals surface area contributed by atoms with Gasteiger partial charge in [-0.05, 0) is 55.5 Å². The first-order valence-corrected chi connectivity index (χ1v) is 27.9. The van der Waals surface area contributed by atoms with Gasteiger partial charge in [0, 0.05) is 11.6 Å². The average molecular weight is 617 g/mol. The average Bonchev–Trinajstić information content (AvgIpc) is 2.78. The number of benzene rings is 1. The van der Waals surface area contributed by atoms with Crippen LogP contribution in [0.15, 0.2) is 43.0 Å². The molecule has 0 bridgehead atoms. The molecule has 0 N–H and O–H groups in total. The van der Waals surface area contributed by atoms with E-state index in [1.807, 2.05) is 0 Å². The van der Waals surface area contributed by atoms with Crippen LogP contribution >= 0.6 is 0 Å². The molecule has 1 rings (SSSR count). The first kappa shape index (κ1) is 37.3. The molecule has 40 heavy (non-hydrogen) atoms. The van der Waals surface area contributed by atoms with Gasteiger partial charge in [0.25, 0.3) is 0 Å². The molecule has 0 spiro atoms. The Morgan fingerprint density at radius 1 is 0.750 bits per heavy atom. The Morgan fingerprint density at radius 3 is 1.68 bits per heavy atom. The van der Waals surface area contributed by atoms with E-state index in [2.05, 4.69) is 155 Å². The minimum Gasteiger partial charge on any atom is -0.414 e. The van der Waals surface area contributed by atoms with Gasteiger partial charge in [-0.25, -0.2) is 0 Å². The molecule has 0 heterocycles. The van der Waals surface area contributed by atoms with E-state index < -0.39 is 32.8 Å². The van der Waals surface area contributed by atoms with Crippen LogP contribution in [0.5, 0.6) is 0 Å².